The molecule has 0 aliphatic heterocycles. The molecule has 2 fully saturated rings. The quantitative estimate of drug-likeness (QED) is 0.860. The number of pyridine rings is 1. The first-order chi connectivity index (χ1) is 8.07. The SMILES string of the molecule is CC1(C)C(CNC2CC2)C1(C)c1ccccn1. The molecule has 2 saturated carbocycles. The van der Waals surface area contributed by atoms with Crippen LogP contribution in [0.4, 0.5) is 0 Å². The number of aromatic nitrogens is 1. The van der Waals surface area contributed by atoms with Gasteiger partial charge in [-0.1, -0.05) is 26.8 Å². The third-order valence-corrected chi connectivity index (χ3v) is 5.21. The summed E-state index contributed by atoms with van der Waals surface area (Å²) in [4.78, 5) is 4.57. The lowest BCUT2D eigenvalue weighted by atomic mass is 9.94. The second-order valence-electron chi connectivity index (χ2n) is 6.37. The fourth-order valence-corrected chi connectivity index (χ4v) is 3.31. The number of nitrogens with one attached hydrogen (secondary N) is 1. The van der Waals surface area contributed by atoms with Crippen LogP contribution in [0.1, 0.15) is 39.3 Å². The average molecular weight is 230 g/mol. The highest BCUT2D eigenvalue weighted by molar-refractivity contribution is 5.34. The number of hydrogen-bond donors (Lipinski definition) is 1. The third-order valence-electron chi connectivity index (χ3n) is 5.21. The predicted molar refractivity (Wildman–Crippen MR) is 69.9 cm³/mol. The lowest BCUT2D eigenvalue weighted by molar-refractivity contribution is 0.502. The van der Waals surface area contributed by atoms with E-state index >= 15 is 0 Å². The zero-order valence-electron chi connectivity index (χ0n) is 11.0. The highest BCUT2D eigenvalue weighted by Gasteiger charge is 2.68. The summed E-state index contributed by atoms with van der Waals surface area (Å²) in [6, 6.07) is 7.09. The molecule has 2 nitrogen and oxygen atoms in total. The van der Waals surface area contributed by atoms with Crippen molar-refractivity contribution in [3.05, 3.63) is 30.1 Å². The molecule has 0 radical (unpaired) electrons. The second-order valence-corrected chi connectivity index (χ2v) is 6.37. The van der Waals surface area contributed by atoms with Crippen molar-refractivity contribution < 1.29 is 0 Å². The van der Waals surface area contributed by atoms with Crippen molar-refractivity contribution in [3.63, 3.8) is 0 Å². The van der Waals surface area contributed by atoms with Gasteiger partial charge in [-0.05, 0) is 42.9 Å². The normalized spacial score (nSPS) is 34.6. The molecule has 2 atom stereocenters. The monoisotopic (exact) mass is 230 g/mol. The fraction of sp³-hybridized carbons (Fsp3) is 0.667. The van der Waals surface area contributed by atoms with Crippen molar-refractivity contribution in [3.8, 4) is 0 Å². The Bertz CT molecular complexity index is 408. The molecule has 17 heavy (non-hydrogen) atoms. The lowest BCUT2D eigenvalue weighted by Gasteiger charge is -2.13. The standard InChI is InChI=1S/C15H22N2/c1-14(2)12(10-17-11-7-8-11)15(14,3)13-6-4-5-9-16-13/h4-6,9,11-12,17H,7-8,10H2,1-3H3. The van der Waals surface area contributed by atoms with E-state index in [4.69, 9.17) is 0 Å². The summed E-state index contributed by atoms with van der Waals surface area (Å²) in [6.07, 6.45) is 4.65. The molecule has 0 bridgehead atoms. The van der Waals surface area contributed by atoms with E-state index in [9.17, 15) is 0 Å². The van der Waals surface area contributed by atoms with Gasteiger partial charge in [0, 0.05) is 23.3 Å². The molecule has 3 rings (SSSR count). The van der Waals surface area contributed by atoms with E-state index in [1.54, 1.807) is 0 Å². The summed E-state index contributed by atoms with van der Waals surface area (Å²) in [5.74, 6) is 0.713. The summed E-state index contributed by atoms with van der Waals surface area (Å²) in [5.41, 5.74) is 1.87. The predicted octanol–water partition coefficient (Wildman–Crippen LogP) is 2.75. The van der Waals surface area contributed by atoms with Gasteiger partial charge in [0.05, 0.1) is 0 Å². The van der Waals surface area contributed by atoms with Gasteiger partial charge in [-0.2, -0.15) is 0 Å². The highest BCUT2D eigenvalue weighted by Crippen LogP contribution is 2.68. The van der Waals surface area contributed by atoms with Crippen LogP contribution in [0.25, 0.3) is 0 Å². The fourth-order valence-electron chi connectivity index (χ4n) is 3.31. The topological polar surface area (TPSA) is 24.9 Å². The summed E-state index contributed by atoms with van der Waals surface area (Å²) in [7, 11) is 0. The van der Waals surface area contributed by atoms with Crippen molar-refractivity contribution in [2.24, 2.45) is 11.3 Å². The summed E-state index contributed by atoms with van der Waals surface area (Å²) in [5, 5.41) is 3.67. The second kappa shape index (κ2) is 3.55. The van der Waals surface area contributed by atoms with Gasteiger partial charge in [0.25, 0.3) is 0 Å². The first kappa shape index (κ1) is 11.2. The zero-order chi connectivity index (χ0) is 12.1. The molecule has 0 amide bonds. The number of rotatable bonds is 4. The van der Waals surface area contributed by atoms with Crippen LogP contribution in [-0.2, 0) is 5.41 Å². The maximum absolute atomic E-state index is 4.57. The Balaban J connectivity index is 1.77. The van der Waals surface area contributed by atoms with Crippen LogP contribution in [0, 0.1) is 11.3 Å². The lowest BCUT2D eigenvalue weighted by Crippen LogP contribution is -2.22. The minimum Gasteiger partial charge on any atom is -0.314 e. The van der Waals surface area contributed by atoms with E-state index < -0.39 is 0 Å². The van der Waals surface area contributed by atoms with Crippen LogP contribution in [0.5, 0.6) is 0 Å². The van der Waals surface area contributed by atoms with Crippen molar-refractivity contribution in [1.29, 1.82) is 0 Å². The maximum atomic E-state index is 4.57. The van der Waals surface area contributed by atoms with Gasteiger partial charge >= 0.3 is 0 Å². The highest BCUT2D eigenvalue weighted by atomic mass is 15.0. The van der Waals surface area contributed by atoms with Crippen molar-refractivity contribution >= 4 is 0 Å². The Morgan fingerprint density at radius 3 is 2.65 bits per heavy atom. The first-order valence-corrected chi connectivity index (χ1v) is 6.71. The average Bonchev–Trinajstić information content (AvgIpc) is 3.19. The van der Waals surface area contributed by atoms with Gasteiger partial charge in [-0.25, -0.2) is 0 Å². The van der Waals surface area contributed by atoms with Crippen LogP contribution < -0.4 is 5.32 Å². The van der Waals surface area contributed by atoms with Crippen LogP contribution in [0.2, 0.25) is 0 Å². The van der Waals surface area contributed by atoms with Gasteiger partial charge in [0.15, 0.2) is 0 Å². The molecule has 2 aliphatic rings. The largest absolute Gasteiger partial charge is 0.314 e. The smallest absolute Gasteiger partial charge is 0.0471 e. The number of hydrogen-bond acceptors (Lipinski definition) is 2. The Kier molecular flexibility index (Phi) is 2.34. The molecule has 2 unspecified atom stereocenters. The van der Waals surface area contributed by atoms with Gasteiger partial charge < -0.3 is 5.32 Å². The van der Waals surface area contributed by atoms with E-state index in [0.29, 0.717) is 11.3 Å². The van der Waals surface area contributed by atoms with Crippen LogP contribution in [-0.4, -0.2) is 17.6 Å². The molecule has 1 heterocycles. The molecule has 0 aromatic carbocycles. The zero-order valence-corrected chi connectivity index (χ0v) is 11.0. The van der Waals surface area contributed by atoms with Crippen LogP contribution in [0.15, 0.2) is 24.4 Å². The molecule has 0 spiro atoms. The van der Waals surface area contributed by atoms with E-state index in [-0.39, 0.29) is 5.41 Å². The van der Waals surface area contributed by atoms with Crippen LogP contribution in [0.3, 0.4) is 0 Å². The van der Waals surface area contributed by atoms with Gasteiger partial charge in [0.2, 0.25) is 0 Å². The molecular weight excluding hydrogens is 208 g/mol. The van der Waals surface area contributed by atoms with Crippen molar-refractivity contribution in [2.45, 2.75) is 45.1 Å². The molecule has 1 aromatic heterocycles. The number of nitrogens with zero attached hydrogens (tertiary/aromatic N) is 1. The minimum atomic E-state index is 0.246. The van der Waals surface area contributed by atoms with Gasteiger partial charge in [-0.3, -0.25) is 4.98 Å². The molecule has 2 aliphatic carbocycles. The first-order valence-electron chi connectivity index (χ1n) is 6.71. The van der Waals surface area contributed by atoms with E-state index in [2.05, 4.69) is 43.2 Å². The van der Waals surface area contributed by atoms with E-state index in [1.807, 2.05) is 12.3 Å². The van der Waals surface area contributed by atoms with E-state index in [1.165, 1.54) is 18.5 Å². The Labute approximate surface area is 104 Å². The third kappa shape index (κ3) is 1.61. The summed E-state index contributed by atoms with van der Waals surface area (Å²) >= 11 is 0. The summed E-state index contributed by atoms with van der Waals surface area (Å²) < 4.78 is 0. The molecule has 0 saturated heterocycles. The molecule has 1 N–H and O–H groups in total. The van der Waals surface area contributed by atoms with Crippen molar-refractivity contribution in [2.75, 3.05) is 6.54 Å². The van der Waals surface area contributed by atoms with E-state index in [0.717, 1.165) is 12.6 Å². The molecule has 92 valence electrons. The Hall–Kier alpha value is -0.890. The minimum absolute atomic E-state index is 0.246. The Morgan fingerprint density at radius 1 is 1.29 bits per heavy atom. The Morgan fingerprint density at radius 2 is 2.06 bits per heavy atom. The summed E-state index contributed by atoms with van der Waals surface area (Å²) in [6.45, 7) is 8.27. The van der Waals surface area contributed by atoms with Crippen molar-refractivity contribution in [1.82, 2.24) is 10.3 Å². The molecule has 2 heteroatoms. The molecule has 1 aromatic rings. The molecular formula is C15H22N2. The van der Waals surface area contributed by atoms with Gasteiger partial charge in [0.1, 0.15) is 0 Å². The van der Waals surface area contributed by atoms with Crippen LogP contribution >= 0.6 is 0 Å². The maximum Gasteiger partial charge on any atom is 0.0471 e. The van der Waals surface area contributed by atoms with Gasteiger partial charge in [-0.15, -0.1) is 0 Å².